The molecule has 0 N–H and O–H groups in total. The zero-order chi connectivity index (χ0) is 12.6. The fourth-order valence-corrected chi connectivity index (χ4v) is 1.47. The summed E-state index contributed by atoms with van der Waals surface area (Å²) in [5.41, 5.74) is 1.18. The van der Waals surface area contributed by atoms with Gasteiger partial charge in [-0.3, -0.25) is 0 Å². The third kappa shape index (κ3) is 3.57. The molecule has 2 nitrogen and oxygen atoms in total. The van der Waals surface area contributed by atoms with Gasteiger partial charge < -0.3 is 9.47 Å². The standard InChI is InChI=1S/C16H14O2/c1-17-15-9-11-16(12-10-15)18-13-5-8-14-6-3-2-4-7-14/h2-4,6-7,9-12H,8H2,1H3. The molecule has 0 radical (unpaired) electrons. The lowest BCUT2D eigenvalue weighted by atomic mass is 10.2. The Morgan fingerprint density at radius 1 is 0.889 bits per heavy atom. The van der Waals surface area contributed by atoms with Crippen LogP contribution in [0.1, 0.15) is 5.56 Å². The van der Waals surface area contributed by atoms with Crippen LogP contribution in [0.15, 0.2) is 54.6 Å². The Hall–Kier alpha value is -2.40. The zero-order valence-electron chi connectivity index (χ0n) is 10.2. The smallest absolute Gasteiger partial charge is 0.140 e. The molecule has 0 aliphatic rings. The third-order valence-electron chi connectivity index (χ3n) is 2.44. The normalized spacial score (nSPS) is 9.17. The van der Waals surface area contributed by atoms with Crippen LogP contribution in [0.3, 0.4) is 0 Å². The van der Waals surface area contributed by atoms with Crippen LogP contribution in [0.5, 0.6) is 11.5 Å². The zero-order valence-corrected chi connectivity index (χ0v) is 10.2. The molecule has 0 amide bonds. The number of hydrogen-bond donors (Lipinski definition) is 0. The third-order valence-corrected chi connectivity index (χ3v) is 2.44. The lowest BCUT2D eigenvalue weighted by molar-refractivity contribution is 0.413. The Morgan fingerprint density at radius 3 is 2.22 bits per heavy atom. The SMILES string of the molecule is COc1ccc(OC#CCc2ccccc2)cc1. The molecule has 0 heterocycles. The molecule has 0 saturated carbocycles. The highest BCUT2D eigenvalue weighted by molar-refractivity contribution is 5.32. The van der Waals surface area contributed by atoms with Crippen molar-refractivity contribution in [2.45, 2.75) is 6.42 Å². The largest absolute Gasteiger partial charge is 0.497 e. The summed E-state index contributed by atoms with van der Waals surface area (Å²) < 4.78 is 10.4. The molecular formula is C16H14O2. The quantitative estimate of drug-likeness (QED) is 0.764. The summed E-state index contributed by atoms with van der Waals surface area (Å²) in [5, 5.41) is 0. The van der Waals surface area contributed by atoms with Crippen LogP contribution in [-0.4, -0.2) is 7.11 Å². The average molecular weight is 238 g/mol. The number of benzene rings is 2. The van der Waals surface area contributed by atoms with E-state index in [0.29, 0.717) is 6.42 Å². The molecular weight excluding hydrogens is 224 g/mol. The van der Waals surface area contributed by atoms with Gasteiger partial charge in [0.15, 0.2) is 0 Å². The number of rotatable bonds is 3. The molecule has 2 aromatic rings. The maximum absolute atomic E-state index is 5.31. The fourth-order valence-electron chi connectivity index (χ4n) is 1.47. The monoisotopic (exact) mass is 238 g/mol. The van der Waals surface area contributed by atoms with E-state index in [1.807, 2.05) is 54.6 Å². The van der Waals surface area contributed by atoms with Crippen molar-refractivity contribution in [1.29, 1.82) is 0 Å². The van der Waals surface area contributed by atoms with Crippen LogP contribution in [0.25, 0.3) is 0 Å². The van der Waals surface area contributed by atoms with Gasteiger partial charge in [-0.15, -0.1) is 0 Å². The molecule has 18 heavy (non-hydrogen) atoms. The van der Waals surface area contributed by atoms with E-state index in [-0.39, 0.29) is 0 Å². The second kappa shape index (κ2) is 6.36. The van der Waals surface area contributed by atoms with Gasteiger partial charge in [-0.05, 0) is 29.8 Å². The predicted molar refractivity (Wildman–Crippen MR) is 71.5 cm³/mol. The van der Waals surface area contributed by atoms with Gasteiger partial charge in [-0.1, -0.05) is 36.3 Å². The van der Waals surface area contributed by atoms with Gasteiger partial charge >= 0.3 is 0 Å². The highest BCUT2D eigenvalue weighted by Gasteiger charge is 1.92. The Labute approximate surface area is 107 Å². The first-order chi connectivity index (χ1) is 8.88. The Balaban J connectivity index is 1.88. The average Bonchev–Trinajstić information content (AvgIpc) is 2.45. The predicted octanol–water partition coefficient (Wildman–Crippen LogP) is 3.28. The van der Waals surface area contributed by atoms with Crippen molar-refractivity contribution >= 4 is 0 Å². The molecule has 90 valence electrons. The summed E-state index contributed by atoms with van der Waals surface area (Å²) in [4.78, 5) is 0. The first-order valence-electron chi connectivity index (χ1n) is 5.71. The number of ether oxygens (including phenoxy) is 2. The lowest BCUT2D eigenvalue weighted by Crippen LogP contribution is -1.86. The molecule has 0 fully saturated rings. The van der Waals surface area contributed by atoms with Gasteiger partial charge in [-0.2, -0.15) is 0 Å². The van der Waals surface area contributed by atoms with Crippen molar-refractivity contribution in [2.24, 2.45) is 0 Å². The first-order valence-corrected chi connectivity index (χ1v) is 5.71. The number of hydrogen-bond acceptors (Lipinski definition) is 2. The molecule has 0 saturated heterocycles. The minimum absolute atomic E-state index is 0.691. The van der Waals surface area contributed by atoms with E-state index < -0.39 is 0 Å². The highest BCUT2D eigenvalue weighted by Crippen LogP contribution is 2.16. The molecule has 0 aliphatic heterocycles. The van der Waals surface area contributed by atoms with E-state index in [1.165, 1.54) is 5.56 Å². The van der Waals surface area contributed by atoms with Gasteiger partial charge in [0.1, 0.15) is 17.6 Å². The minimum atomic E-state index is 0.691. The summed E-state index contributed by atoms with van der Waals surface area (Å²) in [5.74, 6) is 4.50. The van der Waals surface area contributed by atoms with Crippen LogP contribution >= 0.6 is 0 Å². The van der Waals surface area contributed by atoms with Crippen molar-refractivity contribution in [2.75, 3.05) is 7.11 Å². The van der Waals surface area contributed by atoms with Crippen molar-refractivity contribution in [1.82, 2.24) is 0 Å². The summed E-state index contributed by atoms with van der Waals surface area (Å²) >= 11 is 0. The van der Waals surface area contributed by atoms with Crippen molar-refractivity contribution < 1.29 is 9.47 Å². The fraction of sp³-hybridized carbons (Fsp3) is 0.125. The van der Waals surface area contributed by atoms with Gasteiger partial charge in [0, 0.05) is 6.42 Å². The van der Waals surface area contributed by atoms with Crippen LogP contribution < -0.4 is 9.47 Å². The molecule has 2 heteroatoms. The highest BCUT2D eigenvalue weighted by atomic mass is 16.5. The van der Waals surface area contributed by atoms with Gasteiger partial charge in [0.25, 0.3) is 0 Å². The summed E-state index contributed by atoms with van der Waals surface area (Å²) in [6, 6.07) is 17.4. The van der Waals surface area contributed by atoms with Crippen LogP contribution in [-0.2, 0) is 6.42 Å². The van der Waals surface area contributed by atoms with Crippen LogP contribution in [0, 0.1) is 12.0 Å². The van der Waals surface area contributed by atoms with Crippen molar-refractivity contribution in [3.8, 4) is 23.5 Å². The van der Waals surface area contributed by atoms with E-state index in [4.69, 9.17) is 9.47 Å². The molecule has 0 unspecified atom stereocenters. The maximum Gasteiger partial charge on any atom is 0.140 e. The molecule has 0 aromatic heterocycles. The lowest BCUT2D eigenvalue weighted by Gasteiger charge is -1.99. The Kier molecular flexibility index (Phi) is 4.27. The second-order valence-corrected chi connectivity index (χ2v) is 3.72. The van der Waals surface area contributed by atoms with E-state index >= 15 is 0 Å². The molecule has 2 aromatic carbocycles. The summed E-state index contributed by atoms with van der Waals surface area (Å²) in [6.07, 6.45) is 3.39. The van der Waals surface area contributed by atoms with Crippen LogP contribution in [0.4, 0.5) is 0 Å². The molecule has 2 rings (SSSR count). The van der Waals surface area contributed by atoms with Crippen molar-refractivity contribution in [3.05, 3.63) is 60.2 Å². The topological polar surface area (TPSA) is 18.5 Å². The summed E-state index contributed by atoms with van der Waals surface area (Å²) in [6.45, 7) is 0. The molecule has 0 aliphatic carbocycles. The van der Waals surface area contributed by atoms with Gasteiger partial charge in [0.2, 0.25) is 0 Å². The van der Waals surface area contributed by atoms with E-state index in [0.717, 1.165) is 11.5 Å². The Bertz CT molecular complexity index is 533. The van der Waals surface area contributed by atoms with E-state index in [2.05, 4.69) is 12.0 Å². The van der Waals surface area contributed by atoms with Crippen molar-refractivity contribution in [3.63, 3.8) is 0 Å². The molecule has 0 spiro atoms. The molecule has 0 bridgehead atoms. The maximum atomic E-state index is 5.31. The minimum Gasteiger partial charge on any atom is -0.497 e. The second-order valence-electron chi connectivity index (χ2n) is 3.72. The number of methoxy groups -OCH3 is 1. The summed E-state index contributed by atoms with van der Waals surface area (Å²) in [7, 11) is 1.63. The van der Waals surface area contributed by atoms with Gasteiger partial charge in [0.05, 0.1) is 7.11 Å². The van der Waals surface area contributed by atoms with E-state index in [1.54, 1.807) is 7.11 Å². The van der Waals surface area contributed by atoms with Crippen LogP contribution in [0.2, 0.25) is 0 Å². The van der Waals surface area contributed by atoms with Gasteiger partial charge in [-0.25, -0.2) is 0 Å². The molecule has 0 atom stereocenters. The first kappa shape index (κ1) is 12.1. The van der Waals surface area contributed by atoms with E-state index in [9.17, 15) is 0 Å². The Morgan fingerprint density at radius 2 is 1.56 bits per heavy atom.